The lowest BCUT2D eigenvalue weighted by molar-refractivity contribution is -0.136. The third kappa shape index (κ3) is 5.07. The largest absolute Gasteiger partial charge is 0.495 e. The predicted octanol–water partition coefficient (Wildman–Crippen LogP) is 3.20. The summed E-state index contributed by atoms with van der Waals surface area (Å²) in [5.41, 5.74) is 3.30. The molecule has 2 aromatic rings. The molecule has 0 saturated carbocycles. The van der Waals surface area contributed by atoms with Crippen molar-refractivity contribution in [2.24, 2.45) is 5.10 Å². The van der Waals surface area contributed by atoms with Gasteiger partial charge in [0.2, 0.25) is 0 Å². The highest BCUT2D eigenvalue weighted by Crippen LogP contribution is 2.27. The molecule has 0 saturated heterocycles. The number of halogens is 2. The summed E-state index contributed by atoms with van der Waals surface area (Å²) in [7, 11) is 1.48. The highest BCUT2D eigenvalue weighted by atomic mass is 79.9. The van der Waals surface area contributed by atoms with Crippen LogP contribution in [-0.4, -0.2) is 25.1 Å². The Hall–Kier alpha value is -2.38. The van der Waals surface area contributed by atoms with E-state index in [1.54, 1.807) is 24.3 Å². The lowest BCUT2D eigenvalue weighted by Gasteiger charge is -2.07. The minimum atomic E-state index is -0.893. The maximum absolute atomic E-state index is 11.8. The van der Waals surface area contributed by atoms with Gasteiger partial charge in [0, 0.05) is 10.2 Å². The number of hydrazone groups is 1. The molecule has 8 heteroatoms. The lowest BCUT2D eigenvalue weighted by atomic mass is 10.2. The molecule has 2 amide bonds. The molecule has 0 aromatic heterocycles. The molecule has 0 fully saturated rings. The van der Waals surface area contributed by atoms with Gasteiger partial charge in [-0.05, 0) is 35.9 Å². The topological polar surface area (TPSA) is 79.8 Å². The normalized spacial score (nSPS) is 10.5. The number of hydrogen-bond donors (Lipinski definition) is 2. The molecule has 0 radical (unpaired) electrons. The summed E-state index contributed by atoms with van der Waals surface area (Å²) in [6, 6.07) is 11.9. The van der Waals surface area contributed by atoms with Gasteiger partial charge in [0.1, 0.15) is 5.75 Å². The van der Waals surface area contributed by atoms with Crippen LogP contribution in [-0.2, 0) is 9.59 Å². The number of carbonyl (C=O) groups excluding carboxylic acids is 2. The molecule has 0 aliphatic carbocycles. The van der Waals surface area contributed by atoms with Crippen LogP contribution in [0.5, 0.6) is 5.75 Å². The van der Waals surface area contributed by atoms with Gasteiger partial charge in [-0.3, -0.25) is 9.59 Å². The maximum Gasteiger partial charge on any atom is 0.329 e. The Morgan fingerprint density at radius 3 is 2.50 bits per heavy atom. The van der Waals surface area contributed by atoms with Gasteiger partial charge in [-0.15, -0.1) is 0 Å². The zero-order chi connectivity index (χ0) is 17.5. The smallest absolute Gasteiger partial charge is 0.329 e. The minimum Gasteiger partial charge on any atom is -0.495 e. The SMILES string of the molecule is COc1ccc(NC(=O)C(=O)N/N=C\c2ccc(Br)cc2)cc1Cl. The Labute approximate surface area is 152 Å². The van der Waals surface area contributed by atoms with Crippen molar-refractivity contribution in [3.8, 4) is 5.75 Å². The first-order valence-corrected chi connectivity index (χ1v) is 7.90. The van der Waals surface area contributed by atoms with Crippen LogP contribution in [0.15, 0.2) is 52.0 Å². The van der Waals surface area contributed by atoms with Crippen LogP contribution in [0.2, 0.25) is 5.02 Å². The van der Waals surface area contributed by atoms with Gasteiger partial charge < -0.3 is 10.1 Å². The lowest BCUT2D eigenvalue weighted by Crippen LogP contribution is -2.32. The second-order valence-electron chi connectivity index (χ2n) is 4.55. The van der Waals surface area contributed by atoms with E-state index in [1.807, 2.05) is 12.1 Å². The van der Waals surface area contributed by atoms with Gasteiger partial charge in [0.05, 0.1) is 18.3 Å². The van der Waals surface area contributed by atoms with E-state index in [0.717, 1.165) is 10.0 Å². The molecule has 24 heavy (non-hydrogen) atoms. The standard InChI is InChI=1S/C16H13BrClN3O3/c1-24-14-7-6-12(8-13(14)18)20-15(22)16(23)21-19-9-10-2-4-11(17)5-3-10/h2-9H,1H3,(H,20,22)(H,21,23)/b19-9-. The fourth-order valence-corrected chi connectivity index (χ4v) is 2.22. The Morgan fingerprint density at radius 1 is 1.17 bits per heavy atom. The molecule has 0 aliphatic rings. The monoisotopic (exact) mass is 409 g/mol. The molecule has 2 rings (SSSR count). The Bertz CT molecular complexity index is 779. The maximum atomic E-state index is 11.8. The van der Waals surface area contributed by atoms with E-state index in [4.69, 9.17) is 16.3 Å². The number of carbonyl (C=O) groups is 2. The number of benzene rings is 2. The van der Waals surface area contributed by atoms with Crippen molar-refractivity contribution < 1.29 is 14.3 Å². The van der Waals surface area contributed by atoms with E-state index in [9.17, 15) is 9.59 Å². The summed E-state index contributed by atoms with van der Waals surface area (Å²) in [6.45, 7) is 0. The van der Waals surface area contributed by atoms with Crippen LogP contribution < -0.4 is 15.5 Å². The molecular formula is C16H13BrClN3O3. The summed E-state index contributed by atoms with van der Waals surface area (Å²) in [6.07, 6.45) is 1.43. The average molecular weight is 411 g/mol. The quantitative estimate of drug-likeness (QED) is 0.461. The number of hydrogen-bond acceptors (Lipinski definition) is 4. The Morgan fingerprint density at radius 2 is 1.88 bits per heavy atom. The number of methoxy groups -OCH3 is 1. The van der Waals surface area contributed by atoms with Crippen LogP contribution in [0.4, 0.5) is 5.69 Å². The predicted molar refractivity (Wildman–Crippen MR) is 96.5 cm³/mol. The molecule has 6 nitrogen and oxygen atoms in total. The van der Waals surface area contributed by atoms with E-state index in [-0.39, 0.29) is 0 Å². The molecule has 0 aliphatic heterocycles. The van der Waals surface area contributed by atoms with Crippen molar-refractivity contribution in [2.45, 2.75) is 0 Å². The molecule has 2 aromatic carbocycles. The molecule has 0 spiro atoms. The van der Waals surface area contributed by atoms with E-state index in [0.29, 0.717) is 16.5 Å². The summed E-state index contributed by atoms with van der Waals surface area (Å²) in [5.74, 6) is -1.28. The summed E-state index contributed by atoms with van der Waals surface area (Å²) in [5, 5.41) is 6.47. The van der Waals surface area contributed by atoms with E-state index in [1.165, 1.54) is 19.4 Å². The summed E-state index contributed by atoms with van der Waals surface area (Å²) < 4.78 is 5.94. The van der Waals surface area contributed by atoms with Gasteiger partial charge in [0.25, 0.3) is 0 Å². The second kappa shape index (κ2) is 8.47. The summed E-state index contributed by atoms with van der Waals surface area (Å²) in [4.78, 5) is 23.5. The number of amides is 2. The molecule has 124 valence electrons. The van der Waals surface area contributed by atoms with Gasteiger partial charge in [-0.1, -0.05) is 39.7 Å². The average Bonchev–Trinajstić information content (AvgIpc) is 2.56. The van der Waals surface area contributed by atoms with Crippen molar-refractivity contribution >= 4 is 51.2 Å². The van der Waals surface area contributed by atoms with Gasteiger partial charge in [0.15, 0.2) is 0 Å². The van der Waals surface area contributed by atoms with Crippen LogP contribution >= 0.6 is 27.5 Å². The van der Waals surface area contributed by atoms with Crippen LogP contribution in [0.1, 0.15) is 5.56 Å². The van der Waals surface area contributed by atoms with E-state index < -0.39 is 11.8 Å². The third-order valence-electron chi connectivity index (χ3n) is 2.87. The van der Waals surface area contributed by atoms with Crippen molar-refractivity contribution in [1.29, 1.82) is 0 Å². The minimum absolute atomic E-state index is 0.323. The zero-order valence-corrected chi connectivity index (χ0v) is 14.9. The summed E-state index contributed by atoms with van der Waals surface area (Å²) >= 11 is 9.27. The number of rotatable bonds is 4. The second-order valence-corrected chi connectivity index (χ2v) is 5.88. The number of nitrogens with zero attached hydrogens (tertiary/aromatic N) is 1. The molecule has 2 N–H and O–H groups in total. The van der Waals surface area contributed by atoms with E-state index in [2.05, 4.69) is 31.8 Å². The zero-order valence-electron chi connectivity index (χ0n) is 12.5. The first-order chi connectivity index (χ1) is 11.5. The molecule has 0 heterocycles. The number of anilines is 1. The van der Waals surface area contributed by atoms with Gasteiger partial charge in [-0.25, -0.2) is 5.43 Å². The van der Waals surface area contributed by atoms with E-state index >= 15 is 0 Å². The van der Waals surface area contributed by atoms with Gasteiger partial charge >= 0.3 is 11.8 Å². The number of ether oxygens (including phenoxy) is 1. The number of nitrogens with one attached hydrogen (secondary N) is 2. The van der Waals surface area contributed by atoms with Crippen LogP contribution in [0.25, 0.3) is 0 Å². The van der Waals surface area contributed by atoms with Crippen LogP contribution in [0.3, 0.4) is 0 Å². The highest BCUT2D eigenvalue weighted by Gasteiger charge is 2.13. The highest BCUT2D eigenvalue weighted by molar-refractivity contribution is 9.10. The van der Waals surface area contributed by atoms with Crippen molar-refractivity contribution in [1.82, 2.24) is 5.43 Å². The fourth-order valence-electron chi connectivity index (χ4n) is 1.70. The van der Waals surface area contributed by atoms with Crippen molar-refractivity contribution in [3.05, 3.63) is 57.5 Å². The molecule has 0 unspecified atom stereocenters. The Balaban J connectivity index is 1.91. The fraction of sp³-hybridized carbons (Fsp3) is 0.0625. The molecule has 0 atom stereocenters. The first-order valence-electron chi connectivity index (χ1n) is 6.73. The van der Waals surface area contributed by atoms with Gasteiger partial charge in [-0.2, -0.15) is 5.10 Å². The molecule has 0 bridgehead atoms. The third-order valence-corrected chi connectivity index (χ3v) is 3.69. The van der Waals surface area contributed by atoms with Crippen LogP contribution in [0, 0.1) is 0 Å². The van der Waals surface area contributed by atoms with Crippen molar-refractivity contribution in [3.63, 3.8) is 0 Å². The Kier molecular flexibility index (Phi) is 6.34. The van der Waals surface area contributed by atoms with Crippen molar-refractivity contribution in [2.75, 3.05) is 12.4 Å². The molecular weight excluding hydrogens is 398 g/mol. The first kappa shape index (κ1) is 18.0.